The molecule has 0 fully saturated rings. The van der Waals surface area contributed by atoms with Crippen molar-refractivity contribution in [3.63, 3.8) is 0 Å². The van der Waals surface area contributed by atoms with Gasteiger partial charge in [-0.3, -0.25) is 10.1 Å². The fraction of sp³-hybridized carbons (Fsp3) is 0.200. The molecule has 0 spiro atoms. The average molecular weight is 351 g/mol. The summed E-state index contributed by atoms with van der Waals surface area (Å²) in [7, 11) is 3.54. The van der Waals surface area contributed by atoms with Crippen LogP contribution in [0.5, 0.6) is 5.75 Å². The lowest BCUT2D eigenvalue weighted by atomic mass is 10.1. The van der Waals surface area contributed by atoms with Gasteiger partial charge in [0.25, 0.3) is 5.69 Å². The number of ether oxygens (including phenoxy) is 1. The van der Waals surface area contributed by atoms with E-state index < -0.39 is 0 Å². The molecule has 2 aromatic rings. The van der Waals surface area contributed by atoms with E-state index >= 15 is 0 Å². The van der Waals surface area contributed by atoms with Crippen molar-refractivity contribution in [3.8, 4) is 5.75 Å². The van der Waals surface area contributed by atoms with Crippen molar-refractivity contribution in [2.45, 2.75) is 5.33 Å². The van der Waals surface area contributed by atoms with Gasteiger partial charge in [-0.2, -0.15) is 0 Å². The van der Waals surface area contributed by atoms with Gasteiger partial charge in [-0.25, -0.2) is 0 Å². The van der Waals surface area contributed by atoms with Gasteiger partial charge >= 0.3 is 0 Å². The third-order valence-electron chi connectivity index (χ3n) is 3.25. The zero-order valence-corrected chi connectivity index (χ0v) is 13.3. The van der Waals surface area contributed by atoms with Gasteiger partial charge in [0.1, 0.15) is 5.75 Å². The zero-order chi connectivity index (χ0) is 15.4. The van der Waals surface area contributed by atoms with Gasteiger partial charge in [0.05, 0.1) is 12.0 Å². The van der Waals surface area contributed by atoms with Gasteiger partial charge < -0.3 is 9.64 Å². The third-order valence-corrected chi connectivity index (χ3v) is 3.85. The van der Waals surface area contributed by atoms with Crippen LogP contribution in [-0.2, 0) is 5.33 Å². The number of rotatable bonds is 5. The van der Waals surface area contributed by atoms with E-state index in [1.54, 1.807) is 13.2 Å². The summed E-state index contributed by atoms with van der Waals surface area (Å²) in [6, 6.07) is 12.7. The van der Waals surface area contributed by atoms with Crippen LogP contribution in [-0.4, -0.2) is 19.1 Å². The van der Waals surface area contributed by atoms with Crippen molar-refractivity contribution in [1.82, 2.24) is 0 Å². The standard InChI is InChI=1S/C15H15BrN2O3/c1-17(12-3-6-14(21-2)7-4-12)13-5-8-15(18(19)20)11(9-13)10-16/h3-9H,10H2,1-2H3. The monoisotopic (exact) mass is 350 g/mol. The highest BCUT2D eigenvalue weighted by Gasteiger charge is 2.15. The van der Waals surface area contributed by atoms with E-state index in [2.05, 4.69) is 15.9 Å². The van der Waals surface area contributed by atoms with Crippen LogP contribution < -0.4 is 9.64 Å². The lowest BCUT2D eigenvalue weighted by Gasteiger charge is -2.20. The first kappa shape index (κ1) is 15.3. The molecule has 110 valence electrons. The maximum absolute atomic E-state index is 11.0. The first-order valence-electron chi connectivity index (χ1n) is 6.28. The summed E-state index contributed by atoms with van der Waals surface area (Å²) in [5.74, 6) is 0.789. The number of hydrogen-bond donors (Lipinski definition) is 0. The van der Waals surface area contributed by atoms with Crippen molar-refractivity contribution in [1.29, 1.82) is 0 Å². The van der Waals surface area contributed by atoms with Crippen LogP contribution in [0.15, 0.2) is 42.5 Å². The minimum absolute atomic E-state index is 0.124. The molecule has 0 aromatic heterocycles. The lowest BCUT2D eigenvalue weighted by Crippen LogP contribution is -2.10. The molecule has 2 aromatic carbocycles. The Hall–Kier alpha value is -2.08. The van der Waals surface area contributed by atoms with E-state index in [1.807, 2.05) is 42.3 Å². The molecule has 5 nitrogen and oxygen atoms in total. The number of nitrogens with zero attached hydrogens (tertiary/aromatic N) is 2. The van der Waals surface area contributed by atoms with Gasteiger partial charge in [0.2, 0.25) is 0 Å². The van der Waals surface area contributed by atoms with E-state index in [1.165, 1.54) is 6.07 Å². The van der Waals surface area contributed by atoms with E-state index in [4.69, 9.17) is 4.74 Å². The fourth-order valence-electron chi connectivity index (χ4n) is 2.02. The number of anilines is 2. The van der Waals surface area contributed by atoms with Crippen LogP contribution in [0.2, 0.25) is 0 Å². The second-order valence-corrected chi connectivity index (χ2v) is 5.02. The predicted molar refractivity (Wildman–Crippen MR) is 86.8 cm³/mol. The molecule has 0 heterocycles. The topological polar surface area (TPSA) is 55.6 Å². The molecule has 2 rings (SSSR count). The predicted octanol–water partition coefficient (Wildman–Crippen LogP) is 4.27. The minimum Gasteiger partial charge on any atom is -0.497 e. The summed E-state index contributed by atoms with van der Waals surface area (Å²) in [6.45, 7) is 0. The van der Waals surface area contributed by atoms with Crippen molar-refractivity contribution in [3.05, 3.63) is 58.1 Å². The van der Waals surface area contributed by atoms with Gasteiger partial charge in [-0.05, 0) is 36.4 Å². The maximum atomic E-state index is 11.0. The van der Waals surface area contributed by atoms with Crippen molar-refractivity contribution < 1.29 is 9.66 Å². The largest absolute Gasteiger partial charge is 0.497 e. The summed E-state index contributed by atoms with van der Waals surface area (Å²) in [5, 5.41) is 11.4. The second kappa shape index (κ2) is 6.58. The smallest absolute Gasteiger partial charge is 0.273 e. The van der Waals surface area contributed by atoms with Crippen molar-refractivity contribution in [2.75, 3.05) is 19.1 Å². The Morgan fingerprint density at radius 1 is 1.19 bits per heavy atom. The Morgan fingerprint density at radius 3 is 2.33 bits per heavy atom. The summed E-state index contributed by atoms with van der Waals surface area (Å²) >= 11 is 3.30. The number of nitro groups is 1. The highest BCUT2D eigenvalue weighted by Crippen LogP contribution is 2.30. The van der Waals surface area contributed by atoms with Gasteiger partial charge in [0.15, 0.2) is 0 Å². The Balaban J connectivity index is 2.33. The number of nitro benzene ring substituents is 1. The van der Waals surface area contributed by atoms with Gasteiger partial charge in [-0.1, -0.05) is 15.9 Å². The quantitative estimate of drug-likeness (QED) is 0.459. The molecule has 0 bridgehead atoms. The Bertz CT molecular complexity index is 644. The summed E-state index contributed by atoms with van der Waals surface area (Å²) < 4.78 is 5.13. The van der Waals surface area contributed by atoms with Gasteiger partial charge in [-0.15, -0.1) is 0 Å². The molecule has 0 N–H and O–H groups in total. The number of benzene rings is 2. The molecule has 21 heavy (non-hydrogen) atoms. The van der Waals surface area contributed by atoms with Crippen LogP contribution >= 0.6 is 15.9 Å². The van der Waals surface area contributed by atoms with E-state index in [9.17, 15) is 10.1 Å². The molecule has 0 saturated carbocycles. The zero-order valence-electron chi connectivity index (χ0n) is 11.7. The molecule has 0 unspecified atom stereocenters. The van der Waals surface area contributed by atoms with Crippen LogP contribution in [0.3, 0.4) is 0 Å². The van der Waals surface area contributed by atoms with Crippen LogP contribution in [0.25, 0.3) is 0 Å². The fourth-order valence-corrected chi connectivity index (χ4v) is 2.47. The molecule has 0 aliphatic heterocycles. The van der Waals surface area contributed by atoms with Crippen LogP contribution in [0.4, 0.5) is 17.1 Å². The first-order chi connectivity index (χ1) is 10.1. The lowest BCUT2D eigenvalue weighted by molar-refractivity contribution is -0.385. The summed E-state index contributed by atoms with van der Waals surface area (Å²) in [5.41, 5.74) is 2.64. The first-order valence-corrected chi connectivity index (χ1v) is 7.40. The number of hydrogen-bond acceptors (Lipinski definition) is 4. The molecule has 0 radical (unpaired) electrons. The molecule has 0 amide bonds. The Kier molecular flexibility index (Phi) is 4.80. The molecule has 0 aliphatic carbocycles. The minimum atomic E-state index is -0.367. The molecule has 0 saturated heterocycles. The molecule has 0 aliphatic rings. The molecule has 0 atom stereocenters. The van der Waals surface area contributed by atoms with Crippen molar-refractivity contribution >= 4 is 33.0 Å². The third kappa shape index (κ3) is 3.33. The van der Waals surface area contributed by atoms with Crippen LogP contribution in [0.1, 0.15) is 5.56 Å². The van der Waals surface area contributed by atoms with Gasteiger partial charge in [0, 0.05) is 35.4 Å². The second-order valence-electron chi connectivity index (χ2n) is 4.46. The van der Waals surface area contributed by atoms with E-state index in [0.29, 0.717) is 10.9 Å². The average Bonchev–Trinajstić information content (AvgIpc) is 2.53. The summed E-state index contributed by atoms with van der Waals surface area (Å²) in [6.07, 6.45) is 0. The Morgan fingerprint density at radius 2 is 1.81 bits per heavy atom. The van der Waals surface area contributed by atoms with E-state index in [0.717, 1.165) is 17.1 Å². The SMILES string of the molecule is COc1ccc(N(C)c2ccc([N+](=O)[O-])c(CBr)c2)cc1. The normalized spacial score (nSPS) is 10.2. The van der Waals surface area contributed by atoms with E-state index in [-0.39, 0.29) is 10.6 Å². The van der Waals surface area contributed by atoms with Crippen molar-refractivity contribution in [2.24, 2.45) is 0 Å². The molecular weight excluding hydrogens is 336 g/mol. The number of alkyl halides is 1. The Labute approximate surface area is 131 Å². The molecule has 6 heteroatoms. The number of halogens is 1. The molecular formula is C15H15BrN2O3. The maximum Gasteiger partial charge on any atom is 0.273 e. The number of methoxy groups -OCH3 is 1. The van der Waals surface area contributed by atoms with Crippen LogP contribution in [0, 0.1) is 10.1 Å². The summed E-state index contributed by atoms with van der Waals surface area (Å²) in [4.78, 5) is 12.6. The highest BCUT2D eigenvalue weighted by molar-refractivity contribution is 9.08. The highest BCUT2D eigenvalue weighted by atomic mass is 79.9.